The van der Waals surface area contributed by atoms with Gasteiger partial charge in [-0.2, -0.15) is 4.98 Å². The molecule has 0 fully saturated rings. The minimum Gasteiger partial charge on any atom is -0.411 e. The van der Waals surface area contributed by atoms with Crippen LogP contribution in [0.5, 0.6) is 0 Å². The van der Waals surface area contributed by atoms with Crippen molar-refractivity contribution in [3.05, 3.63) is 35.9 Å². The number of nitrogens with one attached hydrogen (secondary N) is 5. The fourth-order valence-corrected chi connectivity index (χ4v) is 2.74. The third-order valence-electron chi connectivity index (χ3n) is 4.41. The van der Waals surface area contributed by atoms with Crippen molar-refractivity contribution >= 4 is 11.8 Å². The van der Waals surface area contributed by atoms with Crippen LogP contribution < -0.4 is 27.0 Å². The Morgan fingerprint density at radius 1 is 1.31 bits per heavy atom. The van der Waals surface area contributed by atoms with Crippen LogP contribution in [0.2, 0.25) is 0 Å². The van der Waals surface area contributed by atoms with Gasteiger partial charge in [-0.3, -0.25) is 0 Å². The van der Waals surface area contributed by atoms with Gasteiger partial charge in [-0.05, 0) is 37.0 Å². The number of hydrogen-bond donors (Lipinski definition) is 5. The standard InChI is InChI=1S/C18H29N7O/c1-11(2)14-8-13(26-24-14)10-20-17-19-7-6-16(21-17)22-18(5)9-15(12(3)4)23-25-18/h6-9,11-12,14,23-25H,10H2,1-5H3,(H2,19,20,21,22). The average molecular weight is 359 g/mol. The lowest BCUT2D eigenvalue weighted by atomic mass is 10.1. The monoisotopic (exact) mass is 359 g/mol. The van der Waals surface area contributed by atoms with Crippen molar-refractivity contribution < 1.29 is 4.84 Å². The van der Waals surface area contributed by atoms with E-state index in [0.29, 0.717) is 24.3 Å². The largest absolute Gasteiger partial charge is 0.411 e. The molecule has 8 nitrogen and oxygen atoms in total. The molecule has 142 valence electrons. The highest BCUT2D eigenvalue weighted by molar-refractivity contribution is 5.44. The van der Waals surface area contributed by atoms with Crippen molar-refractivity contribution in [1.82, 2.24) is 26.3 Å². The maximum atomic E-state index is 5.49. The molecule has 2 aliphatic heterocycles. The molecule has 0 saturated carbocycles. The van der Waals surface area contributed by atoms with Crippen LogP contribution in [0.4, 0.5) is 11.8 Å². The number of allylic oxidation sites excluding steroid dienone is 1. The van der Waals surface area contributed by atoms with Crippen molar-refractivity contribution in [1.29, 1.82) is 0 Å². The lowest BCUT2D eigenvalue weighted by Gasteiger charge is -2.24. The normalized spacial score (nSPS) is 25.0. The molecule has 1 aromatic heterocycles. The summed E-state index contributed by atoms with van der Waals surface area (Å²) in [5, 5.41) is 6.60. The molecule has 0 aliphatic carbocycles. The lowest BCUT2D eigenvalue weighted by molar-refractivity contribution is 0.104. The van der Waals surface area contributed by atoms with Crippen molar-refractivity contribution in [2.75, 3.05) is 17.2 Å². The number of hydroxylamine groups is 1. The molecule has 2 unspecified atom stereocenters. The Hall–Kier alpha value is -2.32. The molecule has 3 rings (SSSR count). The molecular formula is C18H29N7O. The molecule has 0 amide bonds. The van der Waals surface area contributed by atoms with Gasteiger partial charge in [-0.15, -0.1) is 5.48 Å². The molecule has 0 saturated heterocycles. The zero-order valence-electron chi connectivity index (χ0n) is 16.1. The zero-order chi connectivity index (χ0) is 18.7. The zero-order valence-corrected chi connectivity index (χ0v) is 16.1. The second-order valence-electron chi connectivity index (χ2n) is 7.57. The summed E-state index contributed by atoms with van der Waals surface area (Å²) in [4.78, 5) is 14.3. The van der Waals surface area contributed by atoms with Gasteiger partial charge >= 0.3 is 0 Å². The number of hydrogen-bond acceptors (Lipinski definition) is 8. The van der Waals surface area contributed by atoms with Crippen molar-refractivity contribution in [2.45, 2.75) is 46.3 Å². The minimum atomic E-state index is -0.406. The van der Waals surface area contributed by atoms with Crippen LogP contribution >= 0.6 is 0 Å². The van der Waals surface area contributed by atoms with Gasteiger partial charge in [0.05, 0.1) is 12.6 Å². The number of hydrazine groups is 1. The summed E-state index contributed by atoms with van der Waals surface area (Å²) in [5.41, 5.74) is 10.2. The second kappa shape index (κ2) is 7.51. The van der Waals surface area contributed by atoms with Gasteiger partial charge in [0.25, 0.3) is 0 Å². The fourth-order valence-electron chi connectivity index (χ4n) is 2.74. The van der Waals surface area contributed by atoms with Gasteiger partial charge in [-0.1, -0.05) is 27.7 Å². The number of aromatic nitrogens is 2. The maximum Gasteiger partial charge on any atom is 0.224 e. The van der Waals surface area contributed by atoms with E-state index in [1.807, 2.05) is 6.07 Å². The topological polar surface area (TPSA) is 95.2 Å². The molecule has 26 heavy (non-hydrogen) atoms. The van der Waals surface area contributed by atoms with Gasteiger partial charge in [0.1, 0.15) is 17.2 Å². The van der Waals surface area contributed by atoms with E-state index in [4.69, 9.17) is 4.84 Å². The van der Waals surface area contributed by atoms with E-state index in [1.54, 1.807) is 6.20 Å². The Bertz CT molecular complexity index is 701. The summed E-state index contributed by atoms with van der Waals surface area (Å²) < 4.78 is 0. The molecule has 0 spiro atoms. The van der Waals surface area contributed by atoms with E-state index in [0.717, 1.165) is 17.3 Å². The first-order chi connectivity index (χ1) is 12.3. The molecule has 2 atom stereocenters. The number of nitrogens with zero attached hydrogens (tertiary/aromatic N) is 2. The van der Waals surface area contributed by atoms with E-state index >= 15 is 0 Å². The number of rotatable bonds is 7. The van der Waals surface area contributed by atoms with Crippen molar-refractivity contribution in [3.63, 3.8) is 0 Å². The minimum absolute atomic E-state index is 0.239. The van der Waals surface area contributed by atoms with Crippen molar-refractivity contribution in [3.8, 4) is 0 Å². The van der Waals surface area contributed by atoms with Gasteiger partial charge in [0.15, 0.2) is 0 Å². The molecule has 5 N–H and O–H groups in total. The van der Waals surface area contributed by atoms with E-state index < -0.39 is 5.66 Å². The van der Waals surface area contributed by atoms with Crippen LogP contribution in [0.3, 0.4) is 0 Å². The Kier molecular flexibility index (Phi) is 5.33. The average Bonchev–Trinajstić information content (AvgIpc) is 3.20. The molecular weight excluding hydrogens is 330 g/mol. The Morgan fingerprint density at radius 2 is 2.12 bits per heavy atom. The Labute approximate surface area is 154 Å². The predicted octanol–water partition coefficient (Wildman–Crippen LogP) is 2.11. The molecule has 2 aliphatic rings. The van der Waals surface area contributed by atoms with Crippen molar-refractivity contribution in [2.24, 2.45) is 11.8 Å². The summed E-state index contributed by atoms with van der Waals surface area (Å²) in [6.07, 6.45) is 5.96. The molecule has 0 radical (unpaired) electrons. The molecule has 3 heterocycles. The van der Waals surface area contributed by atoms with E-state index in [9.17, 15) is 0 Å². The van der Waals surface area contributed by atoms with Gasteiger partial charge < -0.3 is 20.9 Å². The molecule has 1 aromatic rings. The maximum absolute atomic E-state index is 5.49. The second-order valence-corrected chi connectivity index (χ2v) is 7.57. The first-order valence-corrected chi connectivity index (χ1v) is 9.09. The first-order valence-electron chi connectivity index (χ1n) is 9.09. The van der Waals surface area contributed by atoms with Crippen LogP contribution in [0.25, 0.3) is 0 Å². The third kappa shape index (κ3) is 4.44. The predicted molar refractivity (Wildman–Crippen MR) is 103 cm³/mol. The summed E-state index contributed by atoms with van der Waals surface area (Å²) in [5.74, 6) is 3.05. The number of anilines is 2. The van der Waals surface area contributed by atoms with Crippen LogP contribution in [-0.4, -0.2) is 28.2 Å². The van der Waals surface area contributed by atoms with Gasteiger partial charge in [-0.25, -0.2) is 10.4 Å². The quantitative estimate of drug-likeness (QED) is 0.505. The highest BCUT2D eigenvalue weighted by atomic mass is 16.7. The van der Waals surface area contributed by atoms with Gasteiger partial charge in [0.2, 0.25) is 5.95 Å². The first kappa shape index (κ1) is 18.5. The molecule has 0 bridgehead atoms. The summed E-state index contributed by atoms with van der Waals surface area (Å²) in [6.45, 7) is 11.2. The Morgan fingerprint density at radius 3 is 2.77 bits per heavy atom. The lowest BCUT2D eigenvalue weighted by Crippen LogP contribution is -2.48. The van der Waals surface area contributed by atoms with Crippen LogP contribution in [-0.2, 0) is 4.84 Å². The van der Waals surface area contributed by atoms with Crippen LogP contribution in [0.15, 0.2) is 35.9 Å². The smallest absolute Gasteiger partial charge is 0.224 e. The molecule has 8 heteroatoms. The molecule has 0 aromatic carbocycles. The Balaban J connectivity index is 1.60. The van der Waals surface area contributed by atoms with E-state index in [-0.39, 0.29) is 6.04 Å². The summed E-state index contributed by atoms with van der Waals surface area (Å²) in [6, 6.07) is 2.09. The van der Waals surface area contributed by atoms with Crippen LogP contribution in [0, 0.1) is 11.8 Å². The SMILES string of the molecule is CC(C)C1=CC(C)(Nc2ccnc(NCC3=CC(C(C)C)NO3)n2)NN1. The third-order valence-corrected chi connectivity index (χ3v) is 4.41. The van der Waals surface area contributed by atoms with E-state index in [1.165, 1.54) is 0 Å². The summed E-state index contributed by atoms with van der Waals surface area (Å²) in [7, 11) is 0. The fraction of sp³-hybridized carbons (Fsp3) is 0.556. The highest BCUT2D eigenvalue weighted by Gasteiger charge is 2.28. The van der Waals surface area contributed by atoms with Crippen LogP contribution in [0.1, 0.15) is 34.6 Å². The van der Waals surface area contributed by atoms with E-state index in [2.05, 4.69) is 83.7 Å². The van der Waals surface area contributed by atoms with Gasteiger partial charge in [0, 0.05) is 11.9 Å². The highest BCUT2D eigenvalue weighted by Crippen LogP contribution is 2.21. The summed E-state index contributed by atoms with van der Waals surface area (Å²) >= 11 is 0.